The van der Waals surface area contributed by atoms with Crippen LogP contribution in [0.4, 0.5) is 0 Å². The van der Waals surface area contributed by atoms with Crippen LogP contribution in [0.1, 0.15) is 75.1 Å². The van der Waals surface area contributed by atoms with Gasteiger partial charge in [-0.25, -0.2) is 14.8 Å². The molecule has 0 fully saturated rings. The number of unbranched alkanes of at least 4 members (excludes halogenated alkanes) is 4. The summed E-state index contributed by atoms with van der Waals surface area (Å²) < 4.78 is 5.51. The van der Waals surface area contributed by atoms with Gasteiger partial charge in [-0.2, -0.15) is 0 Å². The molecule has 0 aromatic carbocycles. The Morgan fingerprint density at radius 2 is 2.00 bits per heavy atom. The van der Waals surface area contributed by atoms with E-state index in [-0.39, 0.29) is 17.4 Å². The fourth-order valence-electron chi connectivity index (χ4n) is 1.81. The third-order valence-electron chi connectivity index (χ3n) is 3.00. The number of nitrogens with zero attached hydrogens (tertiary/aromatic N) is 2. The lowest BCUT2D eigenvalue weighted by Gasteiger charge is -2.10. The molecule has 20 heavy (non-hydrogen) atoms. The first kappa shape index (κ1) is 16.4. The van der Waals surface area contributed by atoms with Crippen molar-refractivity contribution >= 4 is 5.97 Å². The van der Waals surface area contributed by atoms with Gasteiger partial charge in [0.15, 0.2) is 11.4 Å². The van der Waals surface area contributed by atoms with Gasteiger partial charge in [0.25, 0.3) is 0 Å². The molecule has 5 nitrogen and oxygen atoms in total. The van der Waals surface area contributed by atoms with E-state index < -0.39 is 5.97 Å². The Labute approximate surface area is 120 Å². The summed E-state index contributed by atoms with van der Waals surface area (Å²) in [7, 11) is 0. The SMILES string of the molecule is CCCCCCCOc1cnc(C(C)C)nc1C(=O)O. The van der Waals surface area contributed by atoms with Crippen LogP contribution in [-0.4, -0.2) is 27.7 Å². The maximum Gasteiger partial charge on any atom is 0.358 e. The molecule has 1 rings (SSSR count). The van der Waals surface area contributed by atoms with Gasteiger partial charge in [-0.05, 0) is 6.42 Å². The zero-order valence-electron chi connectivity index (χ0n) is 12.6. The average molecular weight is 280 g/mol. The predicted molar refractivity (Wildman–Crippen MR) is 77.3 cm³/mol. The van der Waals surface area contributed by atoms with E-state index in [0.717, 1.165) is 12.8 Å². The number of carboxylic acids is 1. The molecule has 112 valence electrons. The summed E-state index contributed by atoms with van der Waals surface area (Å²) in [6.45, 7) is 6.53. The summed E-state index contributed by atoms with van der Waals surface area (Å²) >= 11 is 0. The fraction of sp³-hybridized carbons (Fsp3) is 0.667. The smallest absolute Gasteiger partial charge is 0.358 e. The Kier molecular flexibility index (Phi) is 6.98. The lowest BCUT2D eigenvalue weighted by atomic mass is 10.2. The van der Waals surface area contributed by atoms with E-state index in [0.29, 0.717) is 12.4 Å². The summed E-state index contributed by atoms with van der Waals surface area (Å²) in [5.41, 5.74) is -0.0442. The zero-order valence-corrected chi connectivity index (χ0v) is 12.6. The fourth-order valence-corrected chi connectivity index (χ4v) is 1.81. The molecule has 0 spiro atoms. The summed E-state index contributed by atoms with van der Waals surface area (Å²) in [6.07, 6.45) is 7.11. The number of hydrogen-bond acceptors (Lipinski definition) is 4. The minimum atomic E-state index is -1.07. The molecular weight excluding hydrogens is 256 g/mol. The molecule has 1 heterocycles. The van der Waals surface area contributed by atoms with E-state index in [1.54, 1.807) is 0 Å². The van der Waals surface area contributed by atoms with Crippen molar-refractivity contribution in [1.29, 1.82) is 0 Å². The average Bonchev–Trinajstić information content (AvgIpc) is 2.42. The number of ether oxygens (including phenoxy) is 1. The number of aromatic carboxylic acids is 1. The summed E-state index contributed by atoms with van der Waals surface area (Å²) in [5.74, 6) is -0.193. The van der Waals surface area contributed by atoms with Crippen molar-refractivity contribution in [2.75, 3.05) is 6.61 Å². The van der Waals surface area contributed by atoms with Gasteiger partial charge in [-0.15, -0.1) is 0 Å². The number of carboxylic acid groups (broad SMARTS) is 1. The van der Waals surface area contributed by atoms with Crippen molar-refractivity contribution in [2.45, 2.75) is 58.8 Å². The Bertz CT molecular complexity index is 433. The molecule has 0 atom stereocenters. The monoisotopic (exact) mass is 280 g/mol. The van der Waals surface area contributed by atoms with Crippen LogP contribution in [0.5, 0.6) is 5.75 Å². The first-order valence-corrected chi connectivity index (χ1v) is 7.29. The highest BCUT2D eigenvalue weighted by molar-refractivity contribution is 5.88. The molecule has 0 aliphatic rings. The van der Waals surface area contributed by atoms with Gasteiger partial charge in [0.2, 0.25) is 0 Å². The second-order valence-corrected chi connectivity index (χ2v) is 5.16. The predicted octanol–water partition coefficient (Wildman–Crippen LogP) is 3.65. The van der Waals surface area contributed by atoms with Crippen LogP contribution in [0, 0.1) is 0 Å². The van der Waals surface area contributed by atoms with Crippen molar-refractivity contribution in [3.8, 4) is 5.75 Å². The number of hydrogen-bond donors (Lipinski definition) is 1. The highest BCUT2D eigenvalue weighted by atomic mass is 16.5. The Morgan fingerprint density at radius 1 is 1.30 bits per heavy atom. The van der Waals surface area contributed by atoms with Crippen LogP contribution in [0.15, 0.2) is 6.20 Å². The third kappa shape index (κ3) is 5.15. The first-order valence-electron chi connectivity index (χ1n) is 7.29. The van der Waals surface area contributed by atoms with Crippen molar-refractivity contribution in [3.63, 3.8) is 0 Å². The molecule has 0 bridgehead atoms. The van der Waals surface area contributed by atoms with Crippen LogP contribution in [0.25, 0.3) is 0 Å². The van der Waals surface area contributed by atoms with Crippen molar-refractivity contribution in [1.82, 2.24) is 9.97 Å². The van der Waals surface area contributed by atoms with Gasteiger partial charge in [-0.3, -0.25) is 0 Å². The first-order chi connectivity index (χ1) is 9.56. The molecule has 1 aromatic rings. The number of aromatic nitrogens is 2. The maximum atomic E-state index is 11.2. The van der Waals surface area contributed by atoms with Crippen molar-refractivity contribution in [3.05, 3.63) is 17.7 Å². The van der Waals surface area contributed by atoms with Crippen LogP contribution >= 0.6 is 0 Å². The van der Waals surface area contributed by atoms with E-state index in [1.807, 2.05) is 13.8 Å². The molecule has 0 amide bonds. The molecular formula is C15H24N2O3. The zero-order chi connectivity index (χ0) is 15.0. The van der Waals surface area contributed by atoms with Gasteiger partial charge in [-0.1, -0.05) is 46.5 Å². The van der Waals surface area contributed by atoms with Gasteiger partial charge >= 0.3 is 5.97 Å². The van der Waals surface area contributed by atoms with Crippen LogP contribution in [0.3, 0.4) is 0 Å². The quantitative estimate of drug-likeness (QED) is 0.699. The standard InChI is InChI=1S/C15H24N2O3/c1-4-5-6-7-8-9-20-12-10-16-14(11(2)3)17-13(12)15(18)19/h10-11H,4-9H2,1-3H3,(H,18,19). The summed E-state index contributed by atoms with van der Waals surface area (Å²) in [5, 5.41) is 9.17. The lowest BCUT2D eigenvalue weighted by Crippen LogP contribution is -2.10. The molecule has 0 aliphatic carbocycles. The van der Waals surface area contributed by atoms with Gasteiger partial charge in [0.1, 0.15) is 5.82 Å². The van der Waals surface area contributed by atoms with Gasteiger partial charge in [0.05, 0.1) is 12.8 Å². The normalized spacial score (nSPS) is 10.8. The van der Waals surface area contributed by atoms with E-state index in [9.17, 15) is 9.90 Å². The molecule has 0 saturated carbocycles. The molecule has 5 heteroatoms. The second-order valence-electron chi connectivity index (χ2n) is 5.16. The van der Waals surface area contributed by atoms with Gasteiger partial charge < -0.3 is 9.84 Å². The summed E-state index contributed by atoms with van der Waals surface area (Å²) in [4.78, 5) is 19.4. The summed E-state index contributed by atoms with van der Waals surface area (Å²) in [6, 6.07) is 0. The van der Waals surface area contributed by atoms with E-state index in [1.165, 1.54) is 25.5 Å². The van der Waals surface area contributed by atoms with E-state index >= 15 is 0 Å². The lowest BCUT2D eigenvalue weighted by molar-refractivity contribution is 0.0684. The topological polar surface area (TPSA) is 72.3 Å². The molecule has 1 aromatic heterocycles. The van der Waals surface area contributed by atoms with Crippen molar-refractivity contribution < 1.29 is 14.6 Å². The molecule has 0 radical (unpaired) electrons. The molecule has 0 saturated heterocycles. The van der Waals surface area contributed by atoms with E-state index in [4.69, 9.17) is 4.74 Å². The second kappa shape index (κ2) is 8.51. The molecule has 0 aliphatic heterocycles. The Morgan fingerprint density at radius 3 is 2.60 bits per heavy atom. The Hall–Kier alpha value is -1.65. The number of carbonyl (C=O) groups is 1. The minimum Gasteiger partial charge on any atom is -0.489 e. The number of rotatable bonds is 9. The third-order valence-corrected chi connectivity index (χ3v) is 3.00. The molecule has 1 N–H and O–H groups in total. The van der Waals surface area contributed by atoms with E-state index in [2.05, 4.69) is 16.9 Å². The van der Waals surface area contributed by atoms with Crippen LogP contribution < -0.4 is 4.74 Å². The minimum absolute atomic E-state index is 0.0442. The van der Waals surface area contributed by atoms with Crippen LogP contribution in [0.2, 0.25) is 0 Å². The van der Waals surface area contributed by atoms with Crippen LogP contribution in [-0.2, 0) is 0 Å². The highest BCUT2D eigenvalue weighted by Gasteiger charge is 2.16. The van der Waals surface area contributed by atoms with Crippen molar-refractivity contribution in [2.24, 2.45) is 0 Å². The Balaban J connectivity index is 2.58. The largest absolute Gasteiger partial charge is 0.489 e. The molecule has 0 unspecified atom stereocenters. The maximum absolute atomic E-state index is 11.2. The highest BCUT2D eigenvalue weighted by Crippen LogP contribution is 2.19. The van der Waals surface area contributed by atoms with Gasteiger partial charge in [0, 0.05) is 5.92 Å².